The monoisotopic (exact) mass is 430 g/mol. The third kappa shape index (κ3) is 6.54. The molecule has 0 aromatic heterocycles. The topological polar surface area (TPSA) is 95.5 Å². The van der Waals surface area contributed by atoms with Crippen LogP contribution in [-0.2, 0) is 9.59 Å². The maximum absolute atomic E-state index is 12.9. The van der Waals surface area contributed by atoms with Crippen LogP contribution in [0.4, 0.5) is 0 Å². The van der Waals surface area contributed by atoms with Crippen molar-refractivity contribution in [3.05, 3.63) is 107 Å². The normalized spacial score (nSPS) is 12.4. The van der Waals surface area contributed by atoms with Crippen molar-refractivity contribution in [2.75, 3.05) is 0 Å². The minimum Gasteiger partial charge on any atom is -0.481 e. The molecular formula is C26H26N2O4. The molecule has 2 atom stereocenters. The van der Waals surface area contributed by atoms with Gasteiger partial charge >= 0.3 is 5.97 Å². The zero-order valence-corrected chi connectivity index (χ0v) is 17.8. The van der Waals surface area contributed by atoms with Crippen molar-refractivity contribution in [1.29, 1.82) is 0 Å². The van der Waals surface area contributed by atoms with Crippen molar-refractivity contribution in [2.24, 2.45) is 0 Å². The number of nitrogens with one attached hydrogen (secondary N) is 2. The van der Waals surface area contributed by atoms with Crippen LogP contribution in [0.1, 0.15) is 52.0 Å². The first kappa shape index (κ1) is 22.7. The molecule has 0 radical (unpaired) electrons. The molecule has 0 saturated heterocycles. The molecule has 3 rings (SSSR count). The van der Waals surface area contributed by atoms with Crippen LogP contribution in [-0.4, -0.2) is 22.9 Å². The van der Waals surface area contributed by atoms with Gasteiger partial charge in [-0.1, -0.05) is 78.4 Å². The van der Waals surface area contributed by atoms with Gasteiger partial charge in [0.1, 0.15) is 0 Å². The molecule has 0 fully saturated rings. The Bertz CT molecular complexity index is 1050. The lowest BCUT2D eigenvalue weighted by Crippen LogP contribution is -2.36. The second-order valence-corrected chi connectivity index (χ2v) is 7.64. The zero-order chi connectivity index (χ0) is 22.9. The van der Waals surface area contributed by atoms with E-state index in [9.17, 15) is 19.5 Å². The molecule has 3 aromatic rings. The number of aliphatic carboxylic acids is 1. The van der Waals surface area contributed by atoms with Gasteiger partial charge in [-0.15, -0.1) is 0 Å². The first-order valence-electron chi connectivity index (χ1n) is 10.4. The van der Waals surface area contributed by atoms with Crippen LogP contribution < -0.4 is 10.6 Å². The highest BCUT2D eigenvalue weighted by atomic mass is 16.4. The average Bonchev–Trinajstić information content (AvgIpc) is 2.79. The Kier molecular flexibility index (Phi) is 7.75. The van der Waals surface area contributed by atoms with E-state index in [2.05, 4.69) is 10.6 Å². The number of hydrogen-bond donors (Lipinski definition) is 3. The molecule has 2 amide bonds. The Morgan fingerprint density at radius 2 is 1.22 bits per heavy atom. The Hall–Kier alpha value is -3.93. The lowest BCUT2D eigenvalue weighted by molar-refractivity contribution is -0.137. The van der Waals surface area contributed by atoms with Crippen LogP contribution in [0.25, 0.3) is 0 Å². The first-order chi connectivity index (χ1) is 15.4. The zero-order valence-electron chi connectivity index (χ0n) is 17.8. The van der Waals surface area contributed by atoms with Crippen LogP contribution in [0.5, 0.6) is 0 Å². The SMILES string of the molecule is Cc1ccc(C(=O)NC(CC(=O)NC(CC(=O)O)c2ccccc2)c2ccccc2)cc1. The maximum Gasteiger partial charge on any atom is 0.305 e. The summed E-state index contributed by atoms with van der Waals surface area (Å²) in [4.78, 5) is 37.0. The van der Waals surface area contributed by atoms with E-state index in [1.807, 2.05) is 55.5 Å². The fourth-order valence-electron chi connectivity index (χ4n) is 3.43. The molecule has 0 aliphatic rings. The predicted octanol–water partition coefficient (Wildman–Crippen LogP) is 4.19. The van der Waals surface area contributed by atoms with Crippen molar-refractivity contribution < 1.29 is 19.5 Å². The van der Waals surface area contributed by atoms with Crippen LogP contribution in [0.3, 0.4) is 0 Å². The smallest absolute Gasteiger partial charge is 0.305 e. The molecule has 0 saturated carbocycles. The summed E-state index contributed by atoms with van der Waals surface area (Å²) in [6.45, 7) is 1.94. The molecule has 6 nitrogen and oxygen atoms in total. The summed E-state index contributed by atoms with van der Waals surface area (Å²) in [7, 11) is 0. The van der Waals surface area contributed by atoms with Crippen LogP contribution in [0.15, 0.2) is 84.9 Å². The van der Waals surface area contributed by atoms with Gasteiger partial charge < -0.3 is 15.7 Å². The van der Waals surface area contributed by atoms with Gasteiger partial charge in [-0.25, -0.2) is 0 Å². The molecule has 0 aliphatic heterocycles. The molecule has 0 bridgehead atoms. The molecule has 32 heavy (non-hydrogen) atoms. The first-order valence-corrected chi connectivity index (χ1v) is 10.4. The van der Waals surface area contributed by atoms with Crippen molar-refractivity contribution in [3.63, 3.8) is 0 Å². The van der Waals surface area contributed by atoms with Crippen molar-refractivity contribution in [3.8, 4) is 0 Å². The second-order valence-electron chi connectivity index (χ2n) is 7.64. The number of hydrogen-bond acceptors (Lipinski definition) is 3. The van der Waals surface area contributed by atoms with Gasteiger partial charge in [-0.05, 0) is 30.2 Å². The molecule has 0 aliphatic carbocycles. The van der Waals surface area contributed by atoms with Gasteiger partial charge in [-0.3, -0.25) is 14.4 Å². The van der Waals surface area contributed by atoms with E-state index in [1.165, 1.54) is 0 Å². The molecule has 0 heterocycles. The minimum absolute atomic E-state index is 0.0232. The molecule has 0 spiro atoms. The van der Waals surface area contributed by atoms with Crippen LogP contribution in [0.2, 0.25) is 0 Å². The average molecular weight is 431 g/mol. The number of carbonyl (C=O) groups excluding carboxylic acids is 2. The van der Waals surface area contributed by atoms with E-state index >= 15 is 0 Å². The summed E-state index contributed by atoms with van der Waals surface area (Å²) in [5.74, 6) is -1.64. The third-order valence-corrected chi connectivity index (χ3v) is 5.13. The minimum atomic E-state index is -1.01. The number of carboxylic acids is 1. The lowest BCUT2D eigenvalue weighted by atomic mass is 10.0. The number of aryl methyl sites for hydroxylation is 1. The lowest BCUT2D eigenvalue weighted by Gasteiger charge is -2.22. The summed E-state index contributed by atoms with van der Waals surface area (Å²) < 4.78 is 0. The highest BCUT2D eigenvalue weighted by molar-refractivity contribution is 5.94. The standard InChI is InChI=1S/C26H26N2O4/c1-18-12-14-21(15-13-18)26(32)28-22(19-8-4-2-5-9-19)16-24(29)27-23(17-25(30)31)20-10-6-3-7-11-20/h2-15,22-23H,16-17H2,1H3,(H,27,29)(H,28,32)(H,30,31). The van der Waals surface area contributed by atoms with Crippen molar-refractivity contribution in [1.82, 2.24) is 10.6 Å². The van der Waals surface area contributed by atoms with Gasteiger partial charge in [-0.2, -0.15) is 0 Å². The Balaban J connectivity index is 1.76. The molecular weight excluding hydrogens is 404 g/mol. The highest BCUT2D eigenvalue weighted by Crippen LogP contribution is 2.21. The predicted molar refractivity (Wildman–Crippen MR) is 122 cm³/mol. The van der Waals surface area contributed by atoms with Gasteiger partial charge in [0.15, 0.2) is 0 Å². The Morgan fingerprint density at radius 1 is 0.719 bits per heavy atom. The van der Waals surface area contributed by atoms with Gasteiger partial charge in [0.25, 0.3) is 5.91 Å². The third-order valence-electron chi connectivity index (χ3n) is 5.13. The van der Waals surface area contributed by atoms with Gasteiger partial charge in [0.05, 0.1) is 24.9 Å². The molecule has 3 aromatic carbocycles. The van der Waals surface area contributed by atoms with E-state index in [1.54, 1.807) is 36.4 Å². The van der Waals surface area contributed by atoms with Crippen molar-refractivity contribution in [2.45, 2.75) is 31.8 Å². The number of rotatable bonds is 9. The molecule has 6 heteroatoms. The number of benzene rings is 3. The summed E-state index contributed by atoms with van der Waals surface area (Å²) in [5.41, 5.74) is 3.05. The summed E-state index contributed by atoms with van der Waals surface area (Å²) in [5, 5.41) is 15.0. The van der Waals surface area contributed by atoms with Gasteiger partial charge in [0, 0.05) is 5.56 Å². The van der Waals surface area contributed by atoms with Gasteiger partial charge in [0.2, 0.25) is 5.91 Å². The van der Waals surface area contributed by atoms with E-state index in [4.69, 9.17) is 0 Å². The number of carboxylic acid groups (broad SMARTS) is 1. The van der Waals surface area contributed by atoms with E-state index in [0.29, 0.717) is 11.1 Å². The fourth-order valence-corrected chi connectivity index (χ4v) is 3.43. The summed E-state index contributed by atoms with van der Waals surface area (Å²) in [6, 6.07) is 24.2. The summed E-state index contributed by atoms with van der Waals surface area (Å²) in [6.07, 6.45) is -0.258. The molecule has 2 unspecified atom stereocenters. The quantitative estimate of drug-likeness (QED) is 0.474. The molecule has 3 N–H and O–H groups in total. The maximum atomic E-state index is 12.9. The van der Waals surface area contributed by atoms with E-state index < -0.39 is 18.1 Å². The van der Waals surface area contributed by atoms with Crippen LogP contribution in [0, 0.1) is 6.92 Å². The molecule has 164 valence electrons. The van der Waals surface area contributed by atoms with Crippen molar-refractivity contribution >= 4 is 17.8 Å². The second kappa shape index (κ2) is 10.9. The fraction of sp³-hybridized carbons (Fsp3) is 0.192. The number of carbonyl (C=O) groups is 3. The highest BCUT2D eigenvalue weighted by Gasteiger charge is 2.23. The van der Waals surface area contributed by atoms with E-state index in [-0.39, 0.29) is 24.7 Å². The van der Waals surface area contributed by atoms with Crippen LogP contribution >= 0.6 is 0 Å². The summed E-state index contributed by atoms with van der Waals surface area (Å²) >= 11 is 0. The number of amides is 2. The Labute approximate surface area is 187 Å². The Morgan fingerprint density at radius 3 is 1.72 bits per heavy atom. The van der Waals surface area contributed by atoms with E-state index in [0.717, 1.165) is 11.1 Å². The largest absolute Gasteiger partial charge is 0.481 e.